The van der Waals surface area contributed by atoms with Gasteiger partial charge in [0.1, 0.15) is 5.75 Å². The molecule has 0 bridgehead atoms. The first kappa shape index (κ1) is 14.9. The maximum absolute atomic E-state index is 11.5. The summed E-state index contributed by atoms with van der Waals surface area (Å²) in [6, 6.07) is 14.6. The van der Waals surface area contributed by atoms with E-state index in [0.29, 0.717) is 5.56 Å². The minimum atomic E-state index is -0.343. The Morgan fingerprint density at radius 1 is 1.24 bits per heavy atom. The molecular weight excluding hydrogens is 266 g/mol. The molecule has 0 saturated carbocycles. The number of carbonyl (C=O) groups is 1. The molecule has 0 spiro atoms. The van der Waals surface area contributed by atoms with E-state index in [0.717, 1.165) is 17.7 Å². The molecular formula is C17H19NO3. The Bertz CT molecular complexity index is 608. The van der Waals surface area contributed by atoms with E-state index in [4.69, 9.17) is 4.74 Å². The maximum Gasteiger partial charge on any atom is 0.337 e. The van der Waals surface area contributed by atoms with Crippen LogP contribution in [-0.2, 0) is 11.2 Å². The quantitative estimate of drug-likeness (QED) is 0.828. The van der Waals surface area contributed by atoms with Crippen molar-refractivity contribution in [2.24, 2.45) is 0 Å². The summed E-state index contributed by atoms with van der Waals surface area (Å²) in [4.78, 5) is 11.5. The number of phenols is 1. The first-order chi connectivity index (χ1) is 10.1. The summed E-state index contributed by atoms with van der Waals surface area (Å²) in [6.45, 7) is 2.07. The molecule has 2 rings (SSSR count). The first-order valence-electron chi connectivity index (χ1n) is 6.81. The molecule has 21 heavy (non-hydrogen) atoms. The molecule has 0 aliphatic carbocycles. The van der Waals surface area contributed by atoms with E-state index in [9.17, 15) is 9.90 Å². The van der Waals surface area contributed by atoms with E-state index in [1.807, 2.05) is 24.3 Å². The summed E-state index contributed by atoms with van der Waals surface area (Å²) in [6.07, 6.45) is 0.822. The summed E-state index contributed by atoms with van der Waals surface area (Å²) < 4.78 is 4.71. The molecule has 0 fully saturated rings. The van der Waals surface area contributed by atoms with E-state index >= 15 is 0 Å². The molecule has 0 amide bonds. The minimum absolute atomic E-state index is 0.197. The Kier molecular flexibility index (Phi) is 4.82. The number of carbonyl (C=O) groups excluding carboxylic acids is 1. The number of benzene rings is 2. The summed E-state index contributed by atoms with van der Waals surface area (Å²) in [5.74, 6) is -0.0741. The average Bonchev–Trinajstić information content (AvgIpc) is 2.49. The fourth-order valence-electron chi connectivity index (χ4n) is 2.17. The van der Waals surface area contributed by atoms with Gasteiger partial charge in [-0.15, -0.1) is 0 Å². The Morgan fingerprint density at radius 3 is 2.62 bits per heavy atom. The van der Waals surface area contributed by atoms with Crippen molar-refractivity contribution in [3.63, 3.8) is 0 Å². The van der Waals surface area contributed by atoms with Crippen molar-refractivity contribution in [3.8, 4) is 5.75 Å². The smallest absolute Gasteiger partial charge is 0.337 e. The Balaban J connectivity index is 2.00. The lowest BCUT2D eigenvalue weighted by Crippen LogP contribution is -2.18. The lowest BCUT2D eigenvalue weighted by Gasteiger charge is -2.16. The van der Waals surface area contributed by atoms with Gasteiger partial charge in [0.2, 0.25) is 0 Å². The molecule has 2 N–H and O–H groups in total. The van der Waals surface area contributed by atoms with Crippen molar-refractivity contribution >= 4 is 11.7 Å². The van der Waals surface area contributed by atoms with Gasteiger partial charge >= 0.3 is 5.97 Å². The molecule has 0 heterocycles. The highest BCUT2D eigenvalue weighted by Crippen LogP contribution is 2.16. The Hall–Kier alpha value is -2.49. The third kappa shape index (κ3) is 4.24. The maximum atomic E-state index is 11.5. The molecule has 2 aromatic rings. The summed E-state index contributed by atoms with van der Waals surface area (Å²) >= 11 is 0. The van der Waals surface area contributed by atoms with Crippen LogP contribution in [0.4, 0.5) is 5.69 Å². The molecule has 2 aromatic carbocycles. The van der Waals surface area contributed by atoms with Gasteiger partial charge in [-0.3, -0.25) is 0 Å². The van der Waals surface area contributed by atoms with Crippen molar-refractivity contribution in [1.29, 1.82) is 0 Å². The highest BCUT2D eigenvalue weighted by Gasteiger charge is 2.08. The lowest BCUT2D eigenvalue weighted by molar-refractivity contribution is 0.0601. The Labute approximate surface area is 124 Å². The van der Waals surface area contributed by atoms with Gasteiger partial charge in [-0.05, 0) is 49.2 Å². The minimum Gasteiger partial charge on any atom is -0.508 e. The number of anilines is 1. The fraction of sp³-hybridized carbons (Fsp3) is 0.235. The third-order valence-electron chi connectivity index (χ3n) is 3.17. The summed E-state index contributed by atoms with van der Waals surface area (Å²) in [5.41, 5.74) is 2.54. The Morgan fingerprint density at radius 2 is 1.95 bits per heavy atom. The second kappa shape index (κ2) is 6.79. The van der Waals surface area contributed by atoms with Crippen molar-refractivity contribution < 1.29 is 14.6 Å². The normalized spacial score (nSPS) is 11.7. The number of nitrogens with one attached hydrogen (secondary N) is 1. The second-order valence-electron chi connectivity index (χ2n) is 4.99. The zero-order valence-electron chi connectivity index (χ0n) is 12.2. The molecule has 0 aliphatic rings. The van der Waals surface area contributed by atoms with Crippen LogP contribution >= 0.6 is 0 Å². The van der Waals surface area contributed by atoms with E-state index < -0.39 is 0 Å². The monoisotopic (exact) mass is 285 g/mol. The van der Waals surface area contributed by atoms with E-state index in [1.165, 1.54) is 7.11 Å². The molecule has 1 unspecified atom stereocenters. The van der Waals surface area contributed by atoms with Crippen LogP contribution in [0.1, 0.15) is 22.8 Å². The molecule has 0 saturated heterocycles. The van der Waals surface area contributed by atoms with Crippen LogP contribution in [0.2, 0.25) is 0 Å². The fourth-order valence-corrected chi connectivity index (χ4v) is 2.17. The third-order valence-corrected chi connectivity index (χ3v) is 3.17. The van der Waals surface area contributed by atoms with Gasteiger partial charge in [-0.1, -0.05) is 18.2 Å². The van der Waals surface area contributed by atoms with E-state index in [-0.39, 0.29) is 17.8 Å². The predicted octanol–water partition coefficient (Wildman–Crippen LogP) is 3.22. The predicted molar refractivity (Wildman–Crippen MR) is 82.7 cm³/mol. The van der Waals surface area contributed by atoms with Crippen LogP contribution in [0.3, 0.4) is 0 Å². The van der Waals surface area contributed by atoms with Gasteiger partial charge < -0.3 is 15.2 Å². The largest absolute Gasteiger partial charge is 0.508 e. The number of rotatable bonds is 5. The first-order valence-corrected chi connectivity index (χ1v) is 6.81. The van der Waals surface area contributed by atoms with Gasteiger partial charge in [0.05, 0.1) is 12.7 Å². The van der Waals surface area contributed by atoms with E-state index in [2.05, 4.69) is 12.2 Å². The van der Waals surface area contributed by atoms with E-state index in [1.54, 1.807) is 24.3 Å². The van der Waals surface area contributed by atoms with Crippen molar-refractivity contribution in [1.82, 2.24) is 0 Å². The molecule has 0 radical (unpaired) electrons. The molecule has 1 atom stereocenters. The molecule has 4 heteroatoms. The second-order valence-corrected chi connectivity index (χ2v) is 4.99. The van der Waals surface area contributed by atoms with Crippen LogP contribution < -0.4 is 5.32 Å². The van der Waals surface area contributed by atoms with Gasteiger partial charge in [0.25, 0.3) is 0 Å². The van der Waals surface area contributed by atoms with Crippen LogP contribution in [-0.4, -0.2) is 24.2 Å². The van der Waals surface area contributed by atoms with Crippen LogP contribution in [0.5, 0.6) is 5.75 Å². The number of hydrogen-bond acceptors (Lipinski definition) is 4. The number of ether oxygens (including phenoxy) is 1. The van der Waals surface area contributed by atoms with Crippen LogP contribution in [0, 0.1) is 0 Å². The molecule has 0 aliphatic heterocycles. The standard InChI is InChI=1S/C17H19NO3/c1-12(10-13-6-8-16(19)9-7-13)18-15-5-3-4-14(11-15)17(20)21-2/h3-9,11-12,18-19H,10H2,1-2H3. The van der Waals surface area contributed by atoms with Gasteiger partial charge in [-0.25, -0.2) is 4.79 Å². The topological polar surface area (TPSA) is 58.6 Å². The lowest BCUT2D eigenvalue weighted by atomic mass is 10.1. The number of phenolic OH excluding ortho intramolecular Hbond substituents is 1. The number of methoxy groups -OCH3 is 1. The summed E-state index contributed by atoms with van der Waals surface area (Å²) in [5, 5.41) is 12.6. The van der Waals surface area contributed by atoms with Crippen LogP contribution in [0.15, 0.2) is 48.5 Å². The highest BCUT2D eigenvalue weighted by molar-refractivity contribution is 5.90. The highest BCUT2D eigenvalue weighted by atomic mass is 16.5. The average molecular weight is 285 g/mol. The van der Waals surface area contributed by atoms with Gasteiger partial charge in [0.15, 0.2) is 0 Å². The van der Waals surface area contributed by atoms with Crippen molar-refractivity contribution in [2.75, 3.05) is 12.4 Å². The zero-order chi connectivity index (χ0) is 15.2. The van der Waals surface area contributed by atoms with Crippen molar-refractivity contribution in [2.45, 2.75) is 19.4 Å². The van der Waals surface area contributed by atoms with Gasteiger partial charge in [-0.2, -0.15) is 0 Å². The molecule has 4 nitrogen and oxygen atoms in total. The summed E-state index contributed by atoms with van der Waals surface area (Å²) in [7, 11) is 1.37. The zero-order valence-corrected chi connectivity index (χ0v) is 12.2. The number of esters is 1. The number of hydrogen-bond donors (Lipinski definition) is 2. The van der Waals surface area contributed by atoms with Crippen molar-refractivity contribution in [3.05, 3.63) is 59.7 Å². The van der Waals surface area contributed by atoms with Crippen LogP contribution in [0.25, 0.3) is 0 Å². The SMILES string of the molecule is COC(=O)c1cccc(NC(C)Cc2ccc(O)cc2)c1. The molecule has 110 valence electrons. The molecule has 0 aromatic heterocycles. The number of aromatic hydroxyl groups is 1. The van der Waals surface area contributed by atoms with Gasteiger partial charge in [0, 0.05) is 11.7 Å².